The predicted molar refractivity (Wildman–Crippen MR) is 185 cm³/mol. The van der Waals surface area contributed by atoms with Gasteiger partial charge in [0.1, 0.15) is 6.10 Å². The summed E-state index contributed by atoms with van der Waals surface area (Å²) in [5, 5.41) is 23.7. The molecule has 0 amide bonds. The second-order valence-corrected chi connectivity index (χ2v) is 19.7. The maximum Gasteiger partial charge on any atom is 0.170 e. The number of hydrogen-bond acceptors (Lipinski definition) is 8. The molecule has 3 heterocycles. The Morgan fingerprint density at radius 2 is 1.73 bits per heavy atom. The largest absolute Gasteiger partial charge is 0.390 e. The predicted octanol–water partition coefficient (Wildman–Crippen LogP) is 5.33. The van der Waals surface area contributed by atoms with Crippen molar-refractivity contribution in [2.75, 3.05) is 46.4 Å². The van der Waals surface area contributed by atoms with E-state index in [1.54, 1.807) is 0 Å². The van der Waals surface area contributed by atoms with Gasteiger partial charge in [-0.3, -0.25) is 4.90 Å². The minimum absolute atomic E-state index is 0.00826. The molecule has 5 unspecified atom stereocenters. The van der Waals surface area contributed by atoms with E-state index in [4.69, 9.17) is 20.3 Å². The summed E-state index contributed by atoms with van der Waals surface area (Å²) in [6.45, 7) is 22.2. The van der Waals surface area contributed by atoms with Gasteiger partial charge in [-0.25, -0.2) is 0 Å². The third kappa shape index (κ3) is 4.61. The van der Waals surface area contributed by atoms with E-state index in [9.17, 15) is 10.2 Å². The highest BCUT2D eigenvalue weighted by Crippen LogP contribution is 2.89. The molecule has 8 nitrogen and oxygen atoms in total. The van der Waals surface area contributed by atoms with Crippen LogP contribution < -0.4 is 0 Å². The van der Waals surface area contributed by atoms with Crippen LogP contribution >= 0.6 is 0 Å². The molecule has 0 radical (unpaired) electrons. The summed E-state index contributed by atoms with van der Waals surface area (Å²) in [7, 11) is 2.09. The summed E-state index contributed by atoms with van der Waals surface area (Å²) in [5.41, 5.74) is -0.574. The molecule has 48 heavy (non-hydrogen) atoms. The zero-order chi connectivity index (χ0) is 35.2. The average molecular weight is 674 g/mol. The Morgan fingerprint density at radius 3 is 2.42 bits per heavy atom. The third-order valence-electron chi connectivity index (χ3n) is 16.8. The van der Waals surface area contributed by atoms with Crippen LogP contribution in [0.2, 0.25) is 0 Å². The van der Waals surface area contributed by atoms with Crippen molar-refractivity contribution < 1.29 is 30.5 Å². The lowest BCUT2D eigenvalue weighted by Gasteiger charge is -2.64. The van der Waals surface area contributed by atoms with Crippen LogP contribution in [0.1, 0.15) is 108 Å². The zero-order valence-electron chi connectivity index (χ0n) is 32.6. The average Bonchev–Trinajstić information content (AvgIpc) is 3.65. The van der Waals surface area contributed by atoms with Gasteiger partial charge < -0.3 is 34.1 Å². The van der Waals surface area contributed by atoms with Crippen LogP contribution in [0.4, 0.5) is 0 Å². The Hall–Kier alpha value is -0.320. The number of likely N-dealkylation sites (N-methyl/N-ethyl adjacent to an activating group) is 1. The molecule has 2 spiro atoms. The van der Waals surface area contributed by atoms with Gasteiger partial charge >= 0.3 is 0 Å². The molecule has 3 saturated heterocycles. The fourth-order valence-corrected chi connectivity index (χ4v) is 14.6. The second-order valence-electron chi connectivity index (χ2n) is 19.7. The number of ether oxygens (including phenoxy) is 4. The number of fused-ring (bicyclic) bond motifs is 4. The Kier molecular flexibility index (Phi) is 7.92. The van der Waals surface area contributed by atoms with Crippen LogP contribution in [-0.4, -0.2) is 115 Å². The van der Waals surface area contributed by atoms with Crippen molar-refractivity contribution in [2.24, 2.45) is 50.7 Å². The molecule has 8 fully saturated rings. The quantitative estimate of drug-likeness (QED) is 0.375. The molecule has 8 aliphatic rings. The summed E-state index contributed by atoms with van der Waals surface area (Å²) in [6.07, 6.45) is 7.68. The Morgan fingerprint density at radius 1 is 1.02 bits per heavy atom. The first-order valence-corrected chi connectivity index (χ1v) is 19.8. The second kappa shape index (κ2) is 11.3. The van der Waals surface area contributed by atoms with Crippen molar-refractivity contribution in [3.8, 4) is 0 Å². The zero-order valence-corrected chi connectivity index (χ0v) is 31.6. The molecular weight excluding hydrogens is 604 g/mol. The molecule has 5 aliphatic carbocycles. The number of hydrogen-bond donors (Lipinski definition) is 2. The highest BCUT2D eigenvalue weighted by molar-refractivity contribution is 5.33. The molecule has 0 aromatic carbocycles. The Labute approximate surface area is 292 Å². The van der Waals surface area contributed by atoms with Crippen molar-refractivity contribution in [3.05, 3.63) is 0 Å². The van der Waals surface area contributed by atoms with E-state index in [1.165, 1.54) is 25.7 Å². The number of rotatable bonds is 7. The standard InChI is InChI=1S/C40H68N2O6/c1-10-45-34(36(5,6)44)26-19-24(2)31-32(47-26)33(43)38(8)28-12-11-27-35(3,4)29(13-14-39(27)23-40(28,39)16-15-37(31,38)7)48-30-22-42(17-18-46-30)25-20-41(9)21-25/h24-34,43-44H,10-23H2,1-9H3/t24-,26?,27+,28?,29+,30+,31+,32?,33+,34+,37-,38-,39?,40?/m1/s1/i25D. The molecule has 14 atom stereocenters. The van der Waals surface area contributed by atoms with E-state index in [0.717, 1.165) is 45.3 Å². The number of morpholine rings is 1. The van der Waals surface area contributed by atoms with Crippen LogP contribution in [0, 0.1) is 50.7 Å². The summed E-state index contributed by atoms with van der Waals surface area (Å²) < 4.78 is 35.2. The number of aliphatic hydroxyl groups is 2. The monoisotopic (exact) mass is 674 g/mol. The van der Waals surface area contributed by atoms with E-state index >= 15 is 0 Å². The lowest BCUT2D eigenvalue weighted by atomic mass is 9.41. The molecule has 0 aromatic heterocycles. The van der Waals surface area contributed by atoms with Gasteiger partial charge in [-0.05, 0) is 125 Å². The molecule has 274 valence electrons. The van der Waals surface area contributed by atoms with E-state index in [0.29, 0.717) is 48.8 Å². The van der Waals surface area contributed by atoms with Crippen molar-refractivity contribution in [3.63, 3.8) is 0 Å². The normalized spacial score (nSPS) is 53.6. The van der Waals surface area contributed by atoms with Crippen LogP contribution in [0.3, 0.4) is 0 Å². The first-order chi connectivity index (χ1) is 22.9. The van der Waals surface area contributed by atoms with Gasteiger partial charge in [0.2, 0.25) is 0 Å². The van der Waals surface area contributed by atoms with Gasteiger partial charge in [0, 0.05) is 45.6 Å². The third-order valence-corrected chi connectivity index (χ3v) is 16.8. The van der Waals surface area contributed by atoms with Crippen molar-refractivity contribution in [2.45, 2.75) is 155 Å². The number of likely N-dealkylation sites (tertiary alicyclic amines) is 1. The summed E-state index contributed by atoms with van der Waals surface area (Å²) in [4.78, 5) is 4.51. The molecular formula is C40H68N2O6. The Bertz CT molecular complexity index is 1290. The van der Waals surface area contributed by atoms with Crippen LogP contribution in [-0.2, 0) is 18.9 Å². The van der Waals surface area contributed by atoms with E-state index < -0.39 is 23.8 Å². The summed E-state index contributed by atoms with van der Waals surface area (Å²) in [6, 6.07) is -0.511. The van der Waals surface area contributed by atoms with E-state index in [2.05, 4.69) is 51.5 Å². The van der Waals surface area contributed by atoms with Crippen molar-refractivity contribution >= 4 is 0 Å². The van der Waals surface area contributed by atoms with Gasteiger partial charge in [-0.2, -0.15) is 0 Å². The number of nitrogens with zero attached hydrogens (tertiary/aromatic N) is 2. The highest BCUT2D eigenvalue weighted by atomic mass is 16.7. The first-order valence-electron chi connectivity index (χ1n) is 20.3. The molecule has 0 bridgehead atoms. The lowest BCUT2D eigenvalue weighted by molar-refractivity contribution is -0.253. The van der Waals surface area contributed by atoms with E-state index in [1.807, 2.05) is 20.8 Å². The van der Waals surface area contributed by atoms with E-state index in [-0.39, 0.29) is 46.3 Å². The molecule has 3 aliphatic heterocycles. The van der Waals surface area contributed by atoms with Crippen LogP contribution in [0.15, 0.2) is 0 Å². The smallest absolute Gasteiger partial charge is 0.170 e. The minimum Gasteiger partial charge on any atom is -0.390 e. The van der Waals surface area contributed by atoms with Gasteiger partial charge in [-0.15, -0.1) is 0 Å². The van der Waals surface area contributed by atoms with Crippen molar-refractivity contribution in [1.82, 2.24) is 9.80 Å². The molecule has 2 N–H and O–H groups in total. The summed E-state index contributed by atoms with van der Waals surface area (Å²) >= 11 is 0. The SMILES string of the molecule is [2H]C1(N2CCO[C@@H](O[C@H]3CCC45CC46CC[C@]4(C)[C@@H]7C(OC([C@H](OCC)C(C)(C)O)C[C@H]7C)[C@H](O)[C@@]4(C)C6CC[C@H]5C3(C)C)C2)CN(C)C1. The number of aliphatic hydroxyl groups excluding tert-OH is 1. The topological polar surface area (TPSA) is 83.9 Å². The van der Waals surface area contributed by atoms with Gasteiger partial charge in [0.05, 0.1) is 36.6 Å². The fourth-order valence-electron chi connectivity index (χ4n) is 14.6. The molecule has 8 heteroatoms. The van der Waals surface area contributed by atoms with Crippen molar-refractivity contribution in [1.29, 1.82) is 0 Å². The maximum atomic E-state index is 12.6. The summed E-state index contributed by atoms with van der Waals surface area (Å²) in [5.74, 6) is 1.77. The molecule has 0 aromatic rings. The molecule has 5 saturated carbocycles. The van der Waals surface area contributed by atoms with Crippen LogP contribution in [0.25, 0.3) is 0 Å². The maximum absolute atomic E-state index is 12.6. The lowest BCUT2D eigenvalue weighted by Crippen LogP contribution is -2.62. The molecule has 8 rings (SSSR count). The van der Waals surface area contributed by atoms with Gasteiger partial charge in [0.15, 0.2) is 6.29 Å². The minimum atomic E-state index is -1.02. The fraction of sp³-hybridized carbons (Fsp3) is 1.00. The van der Waals surface area contributed by atoms with Gasteiger partial charge in [0.25, 0.3) is 0 Å². The van der Waals surface area contributed by atoms with Gasteiger partial charge in [-0.1, -0.05) is 34.6 Å². The highest BCUT2D eigenvalue weighted by Gasteiger charge is 2.84. The first kappa shape index (κ1) is 33.5. The van der Waals surface area contributed by atoms with Crippen LogP contribution in [0.5, 0.6) is 0 Å². The Balaban J connectivity index is 1.01.